The van der Waals surface area contributed by atoms with Gasteiger partial charge in [-0.1, -0.05) is 24.3 Å². The molecule has 0 aromatic heterocycles. The maximum Gasteiger partial charge on any atom is 0.254 e. The highest BCUT2D eigenvalue weighted by Gasteiger charge is 2.25. The van der Waals surface area contributed by atoms with E-state index < -0.39 is 0 Å². The van der Waals surface area contributed by atoms with E-state index in [2.05, 4.69) is 34.7 Å². The molecule has 1 aliphatic heterocycles. The van der Waals surface area contributed by atoms with Crippen molar-refractivity contribution in [3.05, 3.63) is 62.7 Å². The number of para-hydroxylation sites is 1. The lowest BCUT2D eigenvalue weighted by Crippen LogP contribution is -2.37. The van der Waals surface area contributed by atoms with Crippen molar-refractivity contribution in [2.45, 2.75) is 13.0 Å². The molecule has 3 rings (SSSR count). The molecule has 1 heterocycles. The normalized spacial score (nSPS) is 14.0. The van der Waals surface area contributed by atoms with Crippen LogP contribution in [0.3, 0.4) is 0 Å². The summed E-state index contributed by atoms with van der Waals surface area (Å²) in [6, 6.07) is 14.0. The van der Waals surface area contributed by atoms with E-state index in [1.807, 2.05) is 35.2 Å². The molecule has 4 heteroatoms. The highest BCUT2D eigenvalue weighted by Crippen LogP contribution is 2.25. The standard InChI is InChI=1S/C17H16INO2/c1-21-16-5-3-2-4-13(16)11-19-9-8-12-6-7-14(18)10-15(12)17(19)20/h2-7,10H,8-9,11H2,1H3. The first-order valence-corrected chi connectivity index (χ1v) is 7.96. The van der Waals surface area contributed by atoms with Crippen LogP contribution in [0.25, 0.3) is 0 Å². The fourth-order valence-corrected chi connectivity index (χ4v) is 3.17. The van der Waals surface area contributed by atoms with Crippen molar-refractivity contribution >= 4 is 28.5 Å². The molecule has 1 aliphatic rings. The molecule has 0 radical (unpaired) electrons. The van der Waals surface area contributed by atoms with Gasteiger partial charge in [-0.25, -0.2) is 0 Å². The molecule has 2 aromatic carbocycles. The Kier molecular flexibility index (Phi) is 4.14. The molecular formula is C17H16INO2. The van der Waals surface area contributed by atoms with Gasteiger partial charge in [-0.05, 0) is 52.8 Å². The van der Waals surface area contributed by atoms with E-state index in [0.717, 1.165) is 39.0 Å². The Morgan fingerprint density at radius 3 is 2.86 bits per heavy atom. The summed E-state index contributed by atoms with van der Waals surface area (Å²) in [6.45, 7) is 1.35. The van der Waals surface area contributed by atoms with Gasteiger partial charge in [0.2, 0.25) is 0 Å². The number of carbonyl (C=O) groups excluding carboxylic acids is 1. The first-order chi connectivity index (χ1) is 10.2. The Hall–Kier alpha value is -1.56. The molecule has 0 fully saturated rings. The Morgan fingerprint density at radius 1 is 1.24 bits per heavy atom. The van der Waals surface area contributed by atoms with Crippen LogP contribution in [0.5, 0.6) is 5.75 Å². The molecule has 0 N–H and O–H groups in total. The van der Waals surface area contributed by atoms with E-state index in [9.17, 15) is 4.79 Å². The minimum absolute atomic E-state index is 0.112. The molecule has 0 unspecified atom stereocenters. The van der Waals surface area contributed by atoms with Crippen LogP contribution in [0.1, 0.15) is 21.5 Å². The predicted molar refractivity (Wildman–Crippen MR) is 90.6 cm³/mol. The third-order valence-corrected chi connectivity index (χ3v) is 4.47. The summed E-state index contributed by atoms with van der Waals surface area (Å²) in [5.74, 6) is 0.944. The van der Waals surface area contributed by atoms with Gasteiger partial charge in [0, 0.05) is 27.8 Å². The second-order valence-corrected chi connectivity index (χ2v) is 6.34. The number of benzene rings is 2. The van der Waals surface area contributed by atoms with Crippen molar-refractivity contribution in [1.82, 2.24) is 4.90 Å². The SMILES string of the molecule is COc1ccccc1CN1CCc2ccc(I)cc2C1=O. The summed E-state index contributed by atoms with van der Waals surface area (Å²) in [5.41, 5.74) is 3.03. The van der Waals surface area contributed by atoms with Crippen molar-refractivity contribution in [2.75, 3.05) is 13.7 Å². The highest BCUT2D eigenvalue weighted by molar-refractivity contribution is 14.1. The molecule has 0 spiro atoms. The smallest absolute Gasteiger partial charge is 0.254 e. The van der Waals surface area contributed by atoms with E-state index in [0.29, 0.717) is 6.54 Å². The minimum atomic E-state index is 0.112. The van der Waals surface area contributed by atoms with Crippen molar-refractivity contribution in [1.29, 1.82) is 0 Å². The van der Waals surface area contributed by atoms with Crippen molar-refractivity contribution in [3.8, 4) is 5.75 Å². The number of methoxy groups -OCH3 is 1. The maximum atomic E-state index is 12.7. The Bertz CT molecular complexity index is 684. The topological polar surface area (TPSA) is 29.5 Å². The molecule has 0 bridgehead atoms. The number of amides is 1. The zero-order chi connectivity index (χ0) is 14.8. The van der Waals surface area contributed by atoms with Crippen LogP contribution in [0.15, 0.2) is 42.5 Å². The predicted octanol–water partition coefficient (Wildman–Crippen LogP) is 3.50. The number of fused-ring (bicyclic) bond motifs is 1. The number of hydrogen-bond acceptors (Lipinski definition) is 2. The quantitative estimate of drug-likeness (QED) is 0.748. The van der Waals surface area contributed by atoms with Gasteiger partial charge in [-0.2, -0.15) is 0 Å². The molecule has 108 valence electrons. The number of rotatable bonds is 3. The summed E-state index contributed by atoms with van der Waals surface area (Å²) in [6.07, 6.45) is 0.910. The molecule has 2 aromatic rings. The molecule has 0 saturated carbocycles. The lowest BCUT2D eigenvalue weighted by atomic mass is 9.98. The van der Waals surface area contributed by atoms with E-state index in [1.54, 1.807) is 7.11 Å². The molecule has 21 heavy (non-hydrogen) atoms. The summed E-state index contributed by atoms with van der Waals surface area (Å²) >= 11 is 2.25. The first-order valence-electron chi connectivity index (χ1n) is 6.88. The molecule has 1 amide bonds. The zero-order valence-corrected chi connectivity index (χ0v) is 14.0. The summed E-state index contributed by atoms with van der Waals surface area (Å²) in [5, 5.41) is 0. The number of halogens is 1. The van der Waals surface area contributed by atoms with Crippen molar-refractivity contribution in [2.24, 2.45) is 0 Å². The lowest BCUT2D eigenvalue weighted by Gasteiger charge is -2.29. The summed E-state index contributed by atoms with van der Waals surface area (Å²) < 4.78 is 6.47. The monoisotopic (exact) mass is 393 g/mol. The highest BCUT2D eigenvalue weighted by atomic mass is 127. The lowest BCUT2D eigenvalue weighted by molar-refractivity contribution is 0.0726. The number of hydrogen-bond donors (Lipinski definition) is 0. The van der Waals surface area contributed by atoms with Gasteiger partial charge in [-0.15, -0.1) is 0 Å². The van der Waals surface area contributed by atoms with Crippen molar-refractivity contribution < 1.29 is 9.53 Å². The van der Waals surface area contributed by atoms with Gasteiger partial charge in [-0.3, -0.25) is 4.79 Å². The Balaban J connectivity index is 1.87. The van der Waals surface area contributed by atoms with Crippen LogP contribution in [-0.4, -0.2) is 24.5 Å². The maximum absolute atomic E-state index is 12.7. The van der Waals surface area contributed by atoms with E-state index in [4.69, 9.17) is 4.74 Å². The van der Waals surface area contributed by atoms with Gasteiger partial charge >= 0.3 is 0 Å². The summed E-state index contributed by atoms with van der Waals surface area (Å²) in [7, 11) is 1.66. The van der Waals surface area contributed by atoms with Gasteiger partial charge in [0.15, 0.2) is 0 Å². The van der Waals surface area contributed by atoms with Crippen molar-refractivity contribution in [3.63, 3.8) is 0 Å². The van der Waals surface area contributed by atoms with Gasteiger partial charge in [0.25, 0.3) is 5.91 Å². The second kappa shape index (κ2) is 6.05. The van der Waals surface area contributed by atoms with E-state index in [1.165, 1.54) is 0 Å². The molecular weight excluding hydrogens is 377 g/mol. The van der Waals surface area contributed by atoms with Crippen LogP contribution in [0, 0.1) is 3.57 Å². The largest absolute Gasteiger partial charge is 0.496 e. The van der Waals surface area contributed by atoms with Gasteiger partial charge in [0.1, 0.15) is 5.75 Å². The summed E-state index contributed by atoms with van der Waals surface area (Å²) in [4.78, 5) is 14.6. The fourth-order valence-electron chi connectivity index (χ4n) is 2.68. The third kappa shape index (κ3) is 2.90. The van der Waals surface area contributed by atoms with E-state index >= 15 is 0 Å². The number of carbonyl (C=O) groups is 1. The number of nitrogens with zero attached hydrogens (tertiary/aromatic N) is 1. The molecule has 0 aliphatic carbocycles. The molecule has 0 saturated heterocycles. The second-order valence-electron chi connectivity index (χ2n) is 5.09. The van der Waals surface area contributed by atoms with Crippen LogP contribution in [0.4, 0.5) is 0 Å². The molecule has 3 nitrogen and oxygen atoms in total. The Labute approximate surface area is 138 Å². The zero-order valence-electron chi connectivity index (χ0n) is 11.8. The molecule has 0 atom stereocenters. The average molecular weight is 393 g/mol. The van der Waals surface area contributed by atoms with Crippen LogP contribution >= 0.6 is 22.6 Å². The minimum Gasteiger partial charge on any atom is -0.496 e. The number of ether oxygens (including phenoxy) is 1. The first kappa shape index (κ1) is 14.4. The fraction of sp³-hybridized carbons (Fsp3) is 0.235. The van der Waals surface area contributed by atoms with Crippen LogP contribution in [0.2, 0.25) is 0 Å². The third-order valence-electron chi connectivity index (χ3n) is 3.79. The van der Waals surface area contributed by atoms with Gasteiger partial charge < -0.3 is 9.64 Å². The van der Waals surface area contributed by atoms with Crippen LogP contribution in [-0.2, 0) is 13.0 Å². The van der Waals surface area contributed by atoms with Gasteiger partial charge in [0.05, 0.1) is 7.11 Å². The van der Waals surface area contributed by atoms with E-state index in [-0.39, 0.29) is 5.91 Å². The van der Waals surface area contributed by atoms with Crippen LogP contribution < -0.4 is 4.74 Å². The Morgan fingerprint density at radius 2 is 2.05 bits per heavy atom. The average Bonchev–Trinajstić information content (AvgIpc) is 2.51.